The second-order valence-corrected chi connectivity index (χ2v) is 2.01. The minimum Gasteiger partial charge on any atom is -0.487 e. The van der Waals surface area contributed by atoms with E-state index in [0.717, 1.165) is 12.2 Å². The van der Waals surface area contributed by atoms with Gasteiger partial charge in [0.1, 0.15) is 12.4 Å². The maximum Gasteiger partial charge on any atom is 0.135 e. The third kappa shape index (κ3) is 2.09. The van der Waals surface area contributed by atoms with Crippen molar-refractivity contribution in [2.24, 2.45) is 0 Å². The van der Waals surface area contributed by atoms with Crippen LogP contribution in [-0.4, -0.2) is 0 Å². The van der Waals surface area contributed by atoms with Crippen molar-refractivity contribution in [1.29, 1.82) is 0 Å². The molecule has 0 aromatic heterocycles. The lowest BCUT2D eigenvalue weighted by Crippen LogP contribution is -1.86. The first-order chi connectivity index (χ1) is 4.93. The van der Waals surface area contributed by atoms with Crippen molar-refractivity contribution >= 4 is 0 Å². The average Bonchev–Trinajstić information content (AvgIpc) is 2.03. The number of benzene rings is 1. The SMILES string of the molecule is CC[CH]Oc1ccccc1. The summed E-state index contributed by atoms with van der Waals surface area (Å²) in [4.78, 5) is 0. The van der Waals surface area contributed by atoms with Gasteiger partial charge in [-0.25, -0.2) is 0 Å². The smallest absolute Gasteiger partial charge is 0.135 e. The highest BCUT2D eigenvalue weighted by atomic mass is 16.5. The van der Waals surface area contributed by atoms with Crippen LogP contribution >= 0.6 is 0 Å². The van der Waals surface area contributed by atoms with Crippen LogP contribution in [0.4, 0.5) is 0 Å². The van der Waals surface area contributed by atoms with Crippen LogP contribution in [0.5, 0.6) is 5.75 Å². The Morgan fingerprint density at radius 3 is 2.60 bits per heavy atom. The van der Waals surface area contributed by atoms with Crippen LogP contribution in [0.1, 0.15) is 13.3 Å². The number of para-hydroxylation sites is 1. The fourth-order valence-corrected chi connectivity index (χ4v) is 0.679. The Bertz CT molecular complexity index is 169. The minimum absolute atomic E-state index is 0.907. The molecule has 1 nitrogen and oxygen atoms in total. The van der Waals surface area contributed by atoms with E-state index in [9.17, 15) is 0 Å². The molecule has 1 aromatic rings. The Labute approximate surface area is 61.6 Å². The molecule has 0 saturated heterocycles. The second-order valence-electron chi connectivity index (χ2n) is 2.01. The van der Waals surface area contributed by atoms with Crippen LogP contribution in [0, 0.1) is 6.61 Å². The van der Waals surface area contributed by atoms with Gasteiger partial charge in [-0.1, -0.05) is 25.1 Å². The third-order valence-electron chi connectivity index (χ3n) is 1.13. The van der Waals surface area contributed by atoms with Crippen LogP contribution in [0.2, 0.25) is 0 Å². The van der Waals surface area contributed by atoms with Gasteiger partial charge >= 0.3 is 0 Å². The predicted molar refractivity (Wildman–Crippen MR) is 41.7 cm³/mol. The van der Waals surface area contributed by atoms with E-state index < -0.39 is 0 Å². The third-order valence-corrected chi connectivity index (χ3v) is 1.13. The lowest BCUT2D eigenvalue weighted by molar-refractivity contribution is 0.397. The summed E-state index contributed by atoms with van der Waals surface area (Å²) in [6.45, 7) is 3.83. The minimum atomic E-state index is 0.907. The highest BCUT2D eigenvalue weighted by Gasteiger charge is 1.87. The van der Waals surface area contributed by atoms with Gasteiger partial charge in [-0.2, -0.15) is 0 Å². The van der Waals surface area contributed by atoms with Crippen molar-refractivity contribution in [3.05, 3.63) is 36.9 Å². The van der Waals surface area contributed by atoms with Crippen molar-refractivity contribution in [3.8, 4) is 5.75 Å². The van der Waals surface area contributed by atoms with E-state index in [-0.39, 0.29) is 0 Å². The van der Waals surface area contributed by atoms with E-state index in [4.69, 9.17) is 4.74 Å². The standard InChI is InChI=1S/C9H11O/c1-2-8-10-9-6-4-3-5-7-9/h3-8H,2H2,1H3. The number of ether oxygens (including phenoxy) is 1. The van der Waals surface area contributed by atoms with Gasteiger partial charge in [0.2, 0.25) is 0 Å². The molecule has 0 unspecified atom stereocenters. The normalized spacial score (nSPS) is 9.30. The molecule has 0 aliphatic rings. The molecule has 0 N–H and O–H groups in total. The molecule has 53 valence electrons. The first-order valence-electron chi connectivity index (χ1n) is 3.47. The molecule has 0 saturated carbocycles. The van der Waals surface area contributed by atoms with Crippen molar-refractivity contribution in [3.63, 3.8) is 0 Å². The number of hydrogen-bond acceptors (Lipinski definition) is 1. The second kappa shape index (κ2) is 3.94. The average molecular weight is 135 g/mol. The molecule has 1 aromatic carbocycles. The molecule has 0 amide bonds. The Balaban J connectivity index is 2.43. The Morgan fingerprint density at radius 1 is 1.30 bits per heavy atom. The summed E-state index contributed by atoms with van der Waals surface area (Å²) in [5.74, 6) is 0.907. The molecule has 10 heavy (non-hydrogen) atoms. The first-order valence-corrected chi connectivity index (χ1v) is 3.47. The van der Waals surface area contributed by atoms with Gasteiger partial charge in [-0.15, -0.1) is 0 Å². The van der Waals surface area contributed by atoms with E-state index in [1.165, 1.54) is 0 Å². The lowest BCUT2D eigenvalue weighted by atomic mass is 10.3. The van der Waals surface area contributed by atoms with E-state index >= 15 is 0 Å². The fraction of sp³-hybridized carbons (Fsp3) is 0.222. The van der Waals surface area contributed by atoms with Crippen LogP contribution in [0.15, 0.2) is 30.3 Å². The summed E-state index contributed by atoms with van der Waals surface area (Å²) in [5.41, 5.74) is 0. The van der Waals surface area contributed by atoms with Gasteiger partial charge in [-0.3, -0.25) is 0 Å². The zero-order valence-electron chi connectivity index (χ0n) is 6.08. The molecule has 1 heteroatoms. The van der Waals surface area contributed by atoms with Crippen molar-refractivity contribution < 1.29 is 4.74 Å². The van der Waals surface area contributed by atoms with Gasteiger partial charge in [0.05, 0.1) is 0 Å². The molecule has 0 atom stereocenters. The summed E-state index contributed by atoms with van der Waals surface area (Å²) in [5, 5.41) is 0. The summed E-state index contributed by atoms with van der Waals surface area (Å²) >= 11 is 0. The number of rotatable bonds is 3. The van der Waals surface area contributed by atoms with Crippen molar-refractivity contribution in [1.82, 2.24) is 0 Å². The van der Waals surface area contributed by atoms with Crippen molar-refractivity contribution in [2.45, 2.75) is 13.3 Å². The van der Waals surface area contributed by atoms with Gasteiger partial charge in [0.15, 0.2) is 0 Å². The molecule has 0 spiro atoms. The molecular weight excluding hydrogens is 124 g/mol. The van der Waals surface area contributed by atoms with E-state index in [0.29, 0.717) is 0 Å². The van der Waals surface area contributed by atoms with Crippen LogP contribution < -0.4 is 4.74 Å². The highest BCUT2D eigenvalue weighted by molar-refractivity contribution is 5.21. The topological polar surface area (TPSA) is 9.23 Å². The summed E-state index contributed by atoms with van der Waals surface area (Å²) in [7, 11) is 0. The predicted octanol–water partition coefficient (Wildman–Crippen LogP) is 2.64. The van der Waals surface area contributed by atoms with Gasteiger partial charge in [-0.05, 0) is 18.6 Å². The zero-order valence-corrected chi connectivity index (χ0v) is 6.08. The van der Waals surface area contributed by atoms with Crippen LogP contribution in [0.25, 0.3) is 0 Å². The Kier molecular flexibility index (Phi) is 2.81. The van der Waals surface area contributed by atoms with Crippen molar-refractivity contribution in [2.75, 3.05) is 0 Å². The van der Waals surface area contributed by atoms with Gasteiger partial charge in [0.25, 0.3) is 0 Å². The van der Waals surface area contributed by atoms with E-state index in [1.54, 1.807) is 6.61 Å². The Hall–Kier alpha value is -0.980. The summed E-state index contributed by atoms with van der Waals surface area (Å²) < 4.78 is 5.23. The molecule has 0 fully saturated rings. The fourth-order valence-electron chi connectivity index (χ4n) is 0.679. The molecule has 1 radical (unpaired) electrons. The molecule has 0 aliphatic heterocycles. The maximum atomic E-state index is 5.23. The summed E-state index contributed by atoms with van der Waals surface area (Å²) in [6.07, 6.45) is 0.939. The largest absolute Gasteiger partial charge is 0.487 e. The molecule has 0 bridgehead atoms. The van der Waals surface area contributed by atoms with Crippen LogP contribution in [-0.2, 0) is 0 Å². The molecule has 0 aliphatic carbocycles. The van der Waals surface area contributed by atoms with E-state index in [1.807, 2.05) is 37.3 Å². The van der Waals surface area contributed by atoms with Gasteiger partial charge < -0.3 is 4.74 Å². The quantitative estimate of drug-likeness (QED) is 0.619. The lowest BCUT2D eigenvalue weighted by Gasteiger charge is -2.00. The Morgan fingerprint density at radius 2 is 2.00 bits per heavy atom. The first kappa shape index (κ1) is 7.13. The zero-order chi connectivity index (χ0) is 7.23. The highest BCUT2D eigenvalue weighted by Crippen LogP contribution is 2.09. The maximum absolute atomic E-state index is 5.23. The molecular formula is C9H11O. The summed E-state index contributed by atoms with van der Waals surface area (Å²) in [6, 6.07) is 9.76. The number of hydrogen-bond donors (Lipinski definition) is 0. The van der Waals surface area contributed by atoms with E-state index in [2.05, 4.69) is 0 Å². The molecule has 0 heterocycles. The monoisotopic (exact) mass is 135 g/mol. The van der Waals surface area contributed by atoms with Gasteiger partial charge in [0, 0.05) is 0 Å². The molecule has 1 rings (SSSR count). The van der Waals surface area contributed by atoms with Crippen LogP contribution in [0.3, 0.4) is 0 Å².